The van der Waals surface area contributed by atoms with Crippen LogP contribution in [0.25, 0.3) is 11.1 Å². The molecule has 2 heterocycles. The largest absolute Gasteiger partial charge is 0.460 e. The molecule has 0 aliphatic carbocycles. The van der Waals surface area contributed by atoms with Gasteiger partial charge in [-0.15, -0.1) is 0 Å². The van der Waals surface area contributed by atoms with Crippen molar-refractivity contribution in [3.8, 4) is 11.1 Å². The van der Waals surface area contributed by atoms with E-state index in [0.717, 1.165) is 43.9 Å². The first-order valence-electron chi connectivity index (χ1n) is 10.0. The van der Waals surface area contributed by atoms with Crippen LogP contribution in [-0.4, -0.2) is 55.2 Å². The van der Waals surface area contributed by atoms with Gasteiger partial charge in [-0.25, -0.2) is 9.78 Å². The van der Waals surface area contributed by atoms with Gasteiger partial charge in [-0.3, -0.25) is 4.90 Å². The first kappa shape index (κ1) is 19.2. The molecule has 1 aliphatic heterocycles. The number of carbonyl (C=O) groups excluding carboxylic acids is 1. The van der Waals surface area contributed by atoms with Crippen LogP contribution in [0.5, 0.6) is 0 Å². The van der Waals surface area contributed by atoms with Crippen molar-refractivity contribution in [2.75, 3.05) is 44.2 Å². The molecule has 4 rings (SSSR count). The van der Waals surface area contributed by atoms with Crippen LogP contribution in [0.1, 0.15) is 10.5 Å². The second-order valence-electron chi connectivity index (χ2n) is 7.10. The number of ether oxygens (including phenoxy) is 1. The third-order valence-electron chi connectivity index (χ3n) is 5.21. The molecule has 0 saturated carbocycles. The van der Waals surface area contributed by atoms with Gasteiger partial charge in [0.15, 0.2) is 0 Å². The number of benzene rings is 2. The number of hydrogen-bond acceptors (Lipinski definition) is 5. The normalized spacial score (nSPS) is 14.6. The van der Waals surface area contributed by atoms with Crippen LogP contribution >= 0.6 is 0 Å². The Morgan fingerprint density at radius 3 is 2.17 bits per heavy atom. The van der Waals surface area contributed by atoms with Gasteiger partial charge in [-0.05, 0) is 23.8 Å². The number of aromatic nitrogens is 1. The fourth-order valence-electron chi connectivity index (χ4n) is 3.53. The molecule has 0 atom stereocenters. The minimum atomic E-state index is -0.368. The number of anilines is 1. The zero-order valence-corrected chi connectivity index (χ0v) is 16.4. The highest BCUT2D eigenvalue weighted by Crippen LogP contribution is 2.18. The summed E-state index contributed by atoms with van der Waals surface area (Å²) in [6.45, 7) is 5.04. The third kappa shape index (κ3) is 5.00. The second-order valence-corrected chi connectivity index (χ2v) is 7.10. The zero-order chi connectivity index (χ0) is 19.9. The molecule has 1 aromatic heterocycles. The number of nitrogens with zero attached hydrogens (tertiary/aromatic N) is 3. The van der Waals surface area contributed by atoms with Gasteiger partial charge in [0.1, 0.15) is 12.3 Å². The molecule has 3 aromatic rings. The van der Waals surface area contributed by atoms with E-state index in [0.29, 0.717) is 12.3 Å². The average Bonchev–Trinajstić information content (AvgIpc) is 2.81. The zero-order valence-electron chi connectivity index (χ0n) is 16.4. The summed E-state index contributed by atoms with van der Waals surface area (Å²) in [5.74, 6) is -0.368. The molecule has 1 fully saturated rings. The van der Waals surface area contributed by atoms with E-state index in [9.17, 15) is 4.79 Å². The van der Waals surface area contributed by atoms with Crippen LogP contribution in [0.2, 0.25) is 0 Å². The number of hydrogen-bond donors (Lipinski definition) is 0. The fourth-order valence-corrected chi connectivity index (χ4v) is 3.53. The van der Waals surface area contributed by atoms with Crippen LogP contribution in [0, 0.1) is 0 Å². The quantitative estimate of drug-likeness (QED) is 0.603. The maximum absolute atomic E-state index is 12.3. The standard InChI is InChI=1S/C24H25N3O2/c28-24(23-12-11-21(19-25-23)20-7-3-1-4-8-20)29-18-17-26-13-15-27(16-14-26)22-9-5-2-6-10-22/h1-12,19H,13-18H2. The molecule has 1 aliphatic rings. The van der Waals surface area contributed by atoms with Crippen LogP contribution in [0.4, 0.5) is 5.69 Å². The molecule has 29 heavy (non-hydrogen) atoms. The van der Waals surface area contributed by atoms with Gasteiger partial charge in [0.25, 0.3) is 0 Å². The Bertz CT molecular complexity index is 906. The Kier molecular flexibility index (Phi) is 6.17. The van der Waals surface area contributed by atoms with Crippen molar-refractivity contribution in [1.29, 1.82) is 0 Å². The highest BCUT2D eigenvalue weighted by molar-refractivity contribution is 5.87. The van der Waals surface area contributed by atoms with Gasteiger partial charge in [0, 0.05) is 50.2 Å². The van der Waals surface area contributed by atoms with Crippen LogP contribution in [0.15, 0.2) is 79.0 Å². The molecule has 5 heteroatoms. The topological polar surface area (TPSA) is 45.7 Å². The molecule has 0 unspecified atom stereocenters. The van der Waals surface area contributed by atoms with Gasteiger partial charge >= 0.3 is 5.97 Å². The maximum Gasteiger partial charge on any atom is 0.356 e. The van der Waals surface area contributed by atoms with Crippen molar-refractivity contribution < 1.29 is 9.53 Å². The van der Waals surface area contributed by atoms with E-state index in [1.807, 2.05) is 42.5 Å². The molecule has 0 amide bonds. The second kappa shape index (κ2) is 9.34. The van der Waals surface area contributed by atoms with Crippen molar-refractivity contribution in [1.82, 2.24) is 9.88 Å². The number of piperazine rings is 1. The Labute approximate surface area is 171 Å². The Morgan fingerprint density at radius 1 is 0.828 bits per heavy atom. The molecule has 0 bridgehead atoms. The van der Waals surface area contributed by atoms with Gasteiger partial charge in [0.2, 0.25) is 0 Å². The molecule has 148 valence electrons. The Morgan fingerprint density at radius 2 is 1.52 bits per heavy atom. The summed E-state index contributed by atoms with van der Waals surface area (Å²) in [4.78, 5) is 21.3. The van der Waals surface area contributed by atoms with Crippen molar-refractivity contribution in [3.05, 3.63) is 84.7 Å². The molecular weight excluding hydrogens is 362 g/mol. The monoisotopic (exact) mass is 387 g/mol. The van der Waals surface area contributed by atoms with E-state index in [-0.39, 0.29) is 5.97 Å². The highest BCUT2D eigenvalue weighted by atomic mass is 16.5. The predicted molar refractivity (Wildman–Crippen MR) is 115 cm³/mol. The van der Waals surface area contributed by atoms with E-state index in [4.69, 9.17) is 4.74 Å². The lowest BCUT2D eigenvalue weighted by Gasteiger charge is -2.35. The van der Waals surface area contributed by atoms with Crippen LogP contribution < -0.4 is 4.90 Å². The first-order valence-corrected chi connectivity index (χ1v) is 10.0. The molecular formula is C24H25N3O2. The minimum absolute atomic E-state index is 0.346. The van der Waals surface area contributed by atoms with Crippen molar-refractivity contribution in [2.24, 2.45) is 0 Å². The summed E-state index contributed by atoms with van der Waals surface area (Å²) < 4.78 is 5.43. The number of esters is 1. The fraction of sp³-hybridized carbons (Fsp3) is 0.250. The Balaban J connectivity index is 1.21. The van der Waals surface area contributed by atoms with E-state index >= 15 is 0 Å². The summed E-state index contributed by atoms with van der Waals surface area (Å²) in [5.41, 5.74) is 3.68. The lowest BCUT2D eigenvalue weighted by molar-refractivity contribution is 0.0452. The number of para-hydroxylation sites is 1. The van der Waals surface area contributed by atoms with E-state index in [1.54, 1.807) is 12.3 Å². The molecule has 5 nitrogen and oxygen atoms in total. The summed E-state index contributed by atoms with van der Waals surface area (Å²) in [7, 11) is 0. The molecule has 0 N–H and O–H groups in total. The first-order chi connectivity index (χ1) is 14.3. The molecule has 1 saturated heterocycles. The molecule has 0 spiro atoms. The van der Waals surface area contributed by atoms with Crippen molar-refractivity contribution >= 4 is 11.7 Å². The number of rotatable bonds is 6. The van der Waals surface area contributed by atoms with E-state index < -0.39 is 0 Å². The lowest BCUT2D eigenvalue weighted by atomic mass is 10.1. The van der Waals surface area contributed by atoms with Crippen LogP contribution in [-0.2, 0) is 4.74 Å². The summed E-state index contributed by atoms with van der Waals surface area (Å²) >= 11 is 0. The van der Waals surface area contributed by atoms with E-state index in [2.05, 4.69) is 39.0 Å². The van der Waals surface area contributed by atoms with E-state index in [1.165, 1.54) is 5.69 Å². The predicted octanol–water partition coefficient (Wildman–Crippen LogP) is 3.73. The lowest BCUT2D eigenvalue weighted by Crippen LogP contribution is -2.47. The summed E-state index contributed by atoms with van der Waals surface area (Å²) in [6, 6.07) is 24.1. The average molecular weight is 387 g/mol. The third-order valence-corrected chi connectivity index (χ3v) is 5.21. The SMILES string of the molecule is O=C(OCCN1CCN(c2ccccc2)CC1)c1ccc(-c2ccccc2)cn1. The van der Waals surface area contributed by atoms with Gasteiger partial charge in [-0.1, -0.05) is 54.6 Å². The van der Waals surface area contributed by atoms with Gasteiger partial charge in [0.05, 0.1) is 0 Å². The smallest absolute Gasteiger partial charge is 0.356 e. The van der Waals surface area contributed by atoms with Crippen molar-refractivity contribution in [3.63, 3.8) is 0 Å². The van der Waals surface area contributed by atoms with Crippen molar-refractivity contribution in [2.45, 2.75) is 0 Å². The van der Waals surface area contributed by atoms with Gasteiger partial charge < -0.3 is 9.64 Å². The van der Waals surface area contributed by atoms with Gasteiger partial charge in [-0.2, -0.15) is 0 Å². The number of carbonyl (C=O) groups is 1. The highest BCUT2D eigenvalue weighted by Gasteiger charge is 2.17. The summed E-state index contributed by atoms with van der Waals surface area (Å²) in [5, 5.41) is 0. The molecule has 0 radical (unpaired) electrons. The van der Waals surface area contributed by atoms with Crippen LogP contribution in [0.3, 0.4) is 0 Å². The maximum atomic E-state index is 12.3. The Hall–Kier alpha value is -3.18. The summed E-state index contributed by atoms with van der Waals surface area (Å²) in [6.07, 6.45) is 1.72. The number of pyridine rings is 1. The minimum Gasteiger partial charge on any atom is -0.460 e. The molecule has 2 aromatic carbocycles.